The SMILES string of the molecule is CCc1c(C)[nH]c(=O)c(NCCCOC)c1Cc1cccc(Br)c1. The van der Waals surface area contributed by atoms with Crippen LogP contribution in [0.3, 0.4) is 0 Å². The zero-order valence-corrected chi connectivity index (χ0v) is 16.1. The standard InChI is InChI=1S/C19H25BrN2O2/c1-4-16-13(2)22-19(23)18(21-9-6-10-24-3)17(16)12-14-7-5-8-15(20)11-14/h5,7-8,11,21H,4,6,9-10,12H2,1-3H3,(H,22,23). The highest BCUT2D eigenvalue weighted by Gasteiger charge is 2.15. The Balaban J connectivity index is 2.39. The number of aromatic amines is 1. The molecule has 0 amide bonds. The van der Waals surface area contributed by atoms with Crippen molar-refractivity contribution in [3.05, 3.63) is 61.5 Å². The van der Waals surface area contributed by atoms with Crippen molar-refractivity contribution in [1.29, 1.82) is 0 Å². The zero-order valence-electron chi connectivity index (χ0n) is 14.5. The minimum atomic E-state index is -0.0490. The summed E-state index contributed by atoms with van der Waals surface area (Å²) in [5, 5.41) is 3.32. The summed E-state index contributed by atoms with van der Waals surface area (Å²) in [6.07, 6.45) is 2.49. The molecule has 4 nitrogen and oxygen atoms in total. The number of aromatic nitrogens is 1. The van der Waals surface area contributed by atoms with Gasteiger partial charge in [0.2, 0.25) is 0 Å². The lowest BCUT2D eigenvalue weighted by Crippen LogP contribution is -2.21. The lowest BCUT2D eigenvalue weighted by atomic mass is 9.96. The predicted molar refractivity (Wildman–Crippen MR) is 103 cm³/mol. The smallest absolute Gasteiger partial charge is 0.271 e. The molecule has 24 heavy (non-hydrogen) atoms. The Morgan fingerprint density at radius 2 is 2.08 bits per heavy atom. The van der Waals surface area contributed by atoms with Gasteiger partial charge in [-0.25, -0.2) is 0 Å². The Bertz CT molecular complexity index is 741. The number of benzene rings is 1. The fourth-order valence-corrected chi connectivity index (χ4v) is 3.41. The third-order valence-electron chi connectivity index (χ3n) is 4.10. The van der Waals surface area contributed by atoms with Crippen LogP contribution in [0.2, 0.25) is 0 Å². The maximum Gasteiger partial charge on any atom is 0.271 e. The average Bonchev–Trinajstić information content (AvgIpc) is 2.54. The number of methoxy groups -OCH3 is 1. The first-order valence-corrected chi connectivity index (χ1v) is 9.08. The summed E-state index contributed by atoms with van der Waals surface area (Å²) in [5.41, 5.74) is 5.08. The molecule has 130 valence electrons. The summed E-state index contributed by atoms with van der Waals surface area (Å²) in [7, 11) is 1.69. The molecule has 0 unspecified atom stereocenters. The summed E-state index contributed by atoms with van der Waals surface area (Å²) < 4.78 is 6.13. The van der Waals surface area contributed by atoms with Crippen LogP contribution in [0.15, 0.2) is 33.5 Å². The summed E-state index contributed by atoms with van der Waals surface area (Å²) in [6.45, 7) is 5.49. The van der Waals surface area contributed by atoms with E-state index in [1.807, 2.05) is 19.1 Å². The van der Waals surface area contributed by atoms with E-state index in [0.717, 1.165) is 35.0 Å². The molecule has 5 heteroatoms. The monoisotopic (exact) mass is 392 g/mol. The normalized spacial score (nSPS) is 10.8. The highest BCUT2D eigenvalue weighted by Crippen LogP contribution is 2.24. The Hall–Kier alpha value is -1.59. The van der Waals surface area contributed by atoms with Gasteiger partial charge in [0.15, 0.2) is 0 Å². The molecular weight excluding hydrogens is 368 g/mol. The second kappa shape index (κ2) is 9.04. The van der Waals surface area contributed by atoms with Crippen LogP contribution in [0.25, 0.3) is 0 Å². The zero-order chi connectivity index (χ0) is 17.5. The van der Waals surface area contributed by atoms with Gasteiger partial charge in [-0.15, -0.1) is 0 Å². The van der Waals surface area contributed by atoms with Gasteiger partial charge < -0.3 is 15.0 Å². The number of ether oxygens (including phenoxy) is 1. The maximum atomic E-state index is 12.5. The van der Waals surface area contributed by atoms with Crippen molar-refractivity contribution in [2.45, 2.75) is 33.1 Å². The third kappa shape index (κ3) is 4.71. The molecule has 0 fully saturated rings. The van der Waals surface area contributed by atoms with Crippen LogP contribution in [0.4, 0.5) is 5.69 Å². The van der Waals surface area contributed by atoms with E-state index in [9.17, 15) is 4.79 Å². The van der Waals surface area contributed by atoms with E-state index >= 15 is 0 Å². The van der Waals surface area contributed by atoms with Crippen LogP contribution < -0.4 is 10.9 Å². The molecule has 1 aromatic carbocycles. The van der Waals surface area contributed by atoms with Gasteiger partial charge >= 0.3 is 0 Å². The minimum absolute atomic E-state index is 0.0490. The molecule has 0 saturated carbocycles. The highest BCUT2D eigenvalue weighted by molar-refractivity contribution is 9.10. The molecule has 0 saturated heterocycles. The molecule has 0 aliphatic carbocycles. The van der Waals surface area contributed by atoms with Crippen molar-refractivity contribution in [1.82, 2.24) is 4.98 Å². The third-order valence-corrected chi connectivity index (χ3v) is 4.59. The lowest BCUT2D eigenvalue weighted by molar-refractivity contribution is 0.198. The molecule has 0 aliphatic heterocycles. The largest absolute Gasteiger partial charge is 0.385 e. The number of nitrogens with one attached hydrogen (secondary N) is 2. The van der Waals surface area contributed by atoms with Gasteiger partial charge in [0.1, 0.15) is 5.69 Å². The Morgan fingerprint density at radius 3 is 2.75 bits per heavy atom. The number of hydrogen-bond acceptors (Lipinski definition) is 3. The van der Waals surface area contributed by atoms with Gasteiger partial charge in [-0.05, 0) is 48.6 Å². The topological polar surface area (TPSA) is 54.1 Å². The number of halogens is 1. The molecule has 1 heterocycles. The molecule has 0 radical (unpaired) electrons. The number of rotatable bonds is 8. The molecule has 2 rings (SSSR count). The van der Waals surface area contributed by atoms with E-state index in [1.54, 1.807) is 7.11 Å². The molecule has 0 atom stereocenters. The molecule has 2 aromatic rings. The predicted octanol–water partition coefficient (Wildman–Crippen LogP) is 4.05. The van der Waals surface area contributed by atoms with E-state index in [4.69, 9.17) is 4.74 Å². The van der Waals surface area contributed by atoms with E-state index in [2.05, 4.69) is 45.3 Å². The summed E-state index contributed by atoms with van der Waals surface area (Å²) >= 11 is 3.52. The first-order valence-electron chi connectivity index (χ1n) is 8.28. The molecule has 1 aromatic heterocycles. The summed E-state index contributed by atoms with van der Waals surface area (Å²) in [4.78, 5) is 15.5. The molecule has 0 bridgehead atoms. The molecular formula is C19H25BrN2O2. The Labute approximate surface area is 151 Å². The van der Waals surface area contributed by atoms with Crippen molar-refractivity contribution in [3.63, 3.8) is 0 Å². The van der Waals surface area contributed by atoms with Crippen molar-refractivity contribution in [2.75, 3.05) is 25.6 Å². The van der Waals surface area contributed by atoms with Crippen LogP contribution in [0.1, 0.15) is 35.7 Å². The van der Waals surface area contributed by atoms with Crippen LogP contribution in [-0.4, -0.2) is 25.2 Å². The van der Waals surface area contributed by atoms with Gasteiger partial charge in [-0.1, -0.05) is 35.0 Å². The van der Waals surface area contributed by atoms with E-state index in [-0.39, 0.29) is 5.56 Å². The van der Waals surface area contributed by atoms with Crippen molar-refractivity contribution in [2.24, 2.45) is 0 Å². The Kier molecular flexibility index (Phi) is 7.06. The second-order valence-electron chi connectivity index (χ2n) is 5.84. The van der Waals surface area contributed by atoms with Gasteiger partial charge in [0.25, 0.3) is 5.56 Å². The van der Waals surface area contributed by atoms with E-state index < -0.39 is 0 Å². The van der Waals surface area contributed by atoms with Gasteiger partial charge in [0.05, 0.1) is 0 Å². The number of anilines is 1. The fraction of sp³-hybridized carbons (Fsp3) is 0.421. The molecule has 2 N–H and O–H groups in total. The first-order chi connectivity index (χ1) is 11.6. The summed E-state index contributed by atoms with van der Waals surface area (Å²) in [5.74, 6) is 0. The van der Waals surface area contributed by atoms with Crippen LogP contribution in [0.5, 0.6) is 0 Å². The highest BCUT2D eigenvalue weighted by atomic mass is 79.9. The van der Waals surface area contributed by atoms with Gasteiger partial charge in [0, 0.05) is 36.8 Å². The van der Waals surface area contributed by atoms with Crippen molar-refractivity contribution >= 4 is 21.6 Å². The quantitative estimate of drug-likeness (QED) is 0.666. The average molecular weight is 393 g/mol. The Morgan fingerprint density at radius 1 is 1.29 bits per heavy atom. The fourth-order valence-electron chi connectivity index (χ4n) is 2.96. The van der Waals surface area contributed by atoms with Gasteiger partial charge in [-0.2, -0.15) is 0 Å². The number of aryl methyl sites for hydroxylation is 1. The number of pyridine rings is 1. The minimum Gasteiger partial charge on any atom is -0.385 e. The van der Waals surface area contributed by atoms with Gasteiger partial charge in [-0.3, -0.25) is 4.79 Å². The molecule has 0 spiro atoms. The number of hydrogen-bond donors (Lipinski definition) is 2. The van der Waals surface area contributed by atoms with Crippen LogP contribution in [-0.2, 0) is 17.6 Å². The first kappa shape index (κ1) is 18.7. The van der Waals surface area contributed by atoms with E-state index in [1.165, 1.54) is 11.1 Å². The van der Waals surface area contributed by atoms with Crippen LogP contribution in [0, 0.1) is 6.92 Å². The van der Waals surface area contributed by atoms with Crippen molar-refractivity contribution < 1.29 is 4.74 Å². The second-order valence-corrected chi connectivity index (χ2v) is 6.76. The van der Waals surface area contributed by atoms with Crippen molar-refractivity contribution in [3.8, 4) is 0 Å². The number of H-pyrrole nitrogens is 1. The summed E-state index contributed by atoms with van der Waals surface area (Å²) in [6, 6.07) is 8.23. The lowest BCUT2D eigenvalue weighted by Gasteiger charge is -2.17. The molecule has 0 aliphatic rings. The van der Waals surface area contributed by atoms with E-state index in [0.29, 0.717) is 18.8 Å². The maximum absolute atomic E-state index is 12.5. The van der Waals surface area contributed by atoms with Crippen LogP contribution >= 0.6 is 15.9 Å².